The van der Waals surface area contributed by atoms with Crippen molar-refractivity contribution in [1.29, 1.82) is 0 Å². The summed E-state index contributed by atoms with van der Waals surface area (Å²) in [5.41, 5.74) is 4.52. The molecule has 1 saturated heterocycles. The molecule has 39 heavy (non-hydrogen) atoms. The normalized spacial score (nSPS) is 16.2. The summed E-state index contributed by atoms with van der Waals surface area (Å²) in [6.07, 6.45) is 7.15. The number of likely N-dealkylation sites (tertiary alicyclic amines) is 1. The lowest BCUT2D eigenvalue weighted by atomic mass is 9.81. The average Bonchev–Trinajstić information content (AvgIpc) is 3.28. The van der Waals surface area contributed by atoms with E-state index in [-0.39, 0.29) is 17.6 Å². The van der Waals surface area contributed by atoms with Crippen LogP contribution in [0.5, 0.6) is 0 Å². The van der Waals surface area contributed by atoms with E-state index in [0.717, 1.165) is 72.1 Å². The number of ether oxygens (including phenoxy) is 1. The van der Waals surface area contributed by atoms with Crippen LogP contribution in [-0.2, 0) is 15.6 Å². The summed E-state index contributed by atoms with van der Waals surface area (Å²) in [7, 11) is -1.36. The molecule has 3 heterocycles. The van der Waals surface area contributed by atoms with Crippen molar-refractivity contribution in [2.45, 2.75) is 92.0 Å². The number of aromatic nitrogens is 2. The van der Waals surface area contributed by atoms with Crippen molar-refractivity contribution in [2.24, 2.45) is 11.3 Å². The van der Waals surface area contributed by atoms with Crippen molar-refractivity contribution in [3.05, 3.63) is 47.9 Å². The highest BCUT2D eigenvalue weighted by molar-refractivity contribution is 6.48. The van der Waals surface area contributed by atoms with Crippen molar-refractivity contribution in [3.63, 3.8) is 0 Å². The van der Waals surface area contributed by atoms with Crippen molar-refractivity contribution >= 4 is 26.1 Å². The Hall–Kier alpha value is -2.71. The number of carbonyl (C=O) groups excluding carboxylic acids is 1. The molecule has 1 fully saturated rings. The van der Waals surface area contributed by atoms with E-state index in [1.165, 1.54) is 0 Å². The zero-order chi connectivity index (χ0) is 28.4. The Bertz CT molecular complexity index is 1250. The number of carbonyl (C=O) groups is 1. The monoisotopic (exact) mass is 551 g/mol. The highest BCUT2D eigenvalue weighted by Crippen LogP contribution is 2.45. The molecule has 0 N–H and O–H groups in total. The third kappa shape index (κ3) is 7.28. The first kappa shape index (κ1) is 29.3. The van der Waals surface area contributed by atoms with E-state index < -0.39 is 14.6 Å². The van der Waals surface area contributed by atoms with Crippen molar-refractivity contribution < 1.29 is 18.5 Å². The number of amides is 1. The van der Waals surface area contributed by atoms with Gasteiger partial charge in [-0.3, -0.25) is 4.98 Å². The summed E-state index contributed by atoms with van der Waals surface area (Å²) in [6.45, 7) is 18.3. The van der Waals surface area contributed by atoms with E-state index in [1.54, 1.807) is 0 Å². The number of nitrogens with zero attached hydrogens (tertiary/aromatic N) is 3. The lowest BCUT2D eigenvalue weighted by Crippen LogP contribution is -2.41. The minimum Gasteiger partial charge on any atom is -0.444 e. The first-order valence-electron chi connectivity index (χ1n) is 14.3. The van der Waals surface area contributed by atoms with E-state index in [9.17, 15) is 4.79 Å². The van der Waals surface area contributed by atoms with Gasteiger partial charge in [-0.15, -0.1) is 0 Å². The van der Waals surface area contributed by atoms with Crippen molar-refractivity contribution in [3.8, 4) is 11.1 Å². The fourth-order valence-corrected chi connectivity index (χ4v) is 6.44. The zero-order valence-electron chi connectivity index (χ0n) is 24.9. The Morgan fingerprint density at radius 2 is 1.74 bits per heavy atom. The molecular weight excluding hydrogens is 506 g/mol. The first-order chi connectivity index (χ1) is 18.3. The summed E-state index contributed by atoms with van der Waals surface area (Å²) >= 11 is 0. The van der Waals surface area contributed by atoms with Crippen LogP contribution in [0.15, 0.2) is 41.2 Å². The molecule has 0 bridgehead atoms. The summed E-state index contributed by atoms with van der Waals surface area (Å²) in [6, 6.07) is 8.42. The van der Waals surface area contributed by atoms with E-state index in [1.807, 2.05) is 50.2 Å². The topological polar surface area (TPSA) is 77.7 Å². The van der Waals surface area contributed by atoms with Gasteiger partial charge < -0.3 is 18.6 Å². The fraction of sp³-hybridized carbons (Fsp3) is 0.581. The van der Waals surface area contributed by atoms with Crippen LogP contribution >= 0.6 is 0 Å². The Morgan fingerprint density at radius 1 is 1.08 bits per heavy atom. The molecule has 1 aromatic carbocycles. The maximum atomic E-state index is 12.4. The molecule has 1 aliphatic rings. The molecule has 0 spiro atoms. The van der Waals surface area contributed by atoms with Gasteiger partial charge in [-0.1, -0.05) is 32.0 Å². The smallest absolute Gasteiger partial charge is 0.410 e. The maximum absolute atomic E-state index is 12.4. The van der Waals surface area contributed by atoms with E-state index in [4.69, 9.17) is 13.7 Å². The van der Waals surface area contributed by atoms with Crippen molar-refractivity contribution in [1.82, 2.24) is 15.0 Å². The minimum absolute atomic E-state index is 0.117. The van der Waals surface area contributed by atoms with Gasteiger partial charge in [0.05, 0.1) is 11.8 Å². The number of benzene rings is 1. The quantitative estimate of drug-likeness (QED) is 0.282. The Kier molecular flexibility index (Phi) is 8.86. The second-order valence-corrected chi connectivity index (χ2v) is 15.5. The van der Waals surface area contributed by atoms with Crippen LogP contribution in [0, 0.1) is 11.3 Å². The second-order valence-electron chi connectivity index (χ2n) is 13.1. The summed E-state index contributed by atoms with van der Waals surface area (Å²) in [5.74, 6) is 0.545. The van der Waals surface area contributed by atoms with Crippen LogP contribution in [-0.4, -0.2) is 48.9 Å². The van der Waals surface area contributed by atoms with Gasteiger partial charge in [0.25, 0.3) is 0 Å². The maximum Gasteiger partial charge on any atom is 0.410 e. The van der Waals surface area contributed by atoms with Crippen LogP contribution in [0.3, 0.4) is 0 Å². The summed E-state index contributed by atoms with van der Waals surface area (Å²) in [5, 5.41) is 5.65. The highest BCUT2D eigenvalue weighted by atomic mass is 28.3. The molecule has 1 aliphatic heterocycles. The van der Waals surface area contributed by atoms with Gasteiger partial charge in [-0.05, 0) is 100 Å². The number of piperidine rings is 1. The number of fused-ring (bicyclic) bond motifs is 1. The molecular formula is C31H45N3O4Si. The third-order valence-corrected chi connectivity index (χ3v) is 8.07. The van der Waals surface area contributed by atoms with Gasteiger partial charge in [0, 0.05) is 36.4 Å². The molecule has 1 unspecified atom stereocenters. The standard InChI is InChI=1S/C31H45N3O4Si/c1-30(2,3)28(38-39(7)8)26-23(22-13-17-32-18-14-22)10-11-24-25(33-37-27(24)26)12-9-21-15-19-34(20-16-21)29(35)36-31(4,5)6/h10-11,13-14,17-18,21,28,39H,9,12,15-16,19-20H2,1-8H3. The summed E-state index contributed by atoms with van der Waals surface area (Å²) in [4.78, 5) is 18.5. The van der Waals surface area contributed by atoms with Crippen LogP contribution in [0.2, 0.25) is 13.1 Å². The Labute approximate surface area is 235 Å². The highest BCUT2D eigenvalue weighted by Gasteiger charge is 2.34. The minimum atomic E-state index is -1.36. The van der Waals surface area contributed by atoms with Gasteiger partial charge in [-0.25, -0.2) is 4.79 Å². The molecule has 0 saturated carbocycles. The second kappa shape index (κ2) is 11.8. The SMILES string of the molecule is C[SiH](C)OC(c1c(-c2ccncc2)ccc2c(CCC3CCN(C(=O)OC(C)(C)C)CC3)noc12)C(C)(C)C. The zero-order valence-corrected chi connectivity index (χ0v) is 26.1. The van der Waals surface area contributed by atoms with Crippen LogP contribution in [0.4, 0.5) is 4.79 Å². The largest absolute Gasteiger partial charge is 0.444 e. The Morgan fingerprint density at radius 3 is 2.33 bits per heavy atom. The molecule has 4 rings (SSSR count). The lowest BCUT2D eigenvalue weighted by Gasteiger charge is -2.34. The molecule has 212 valence electrons. The molecule has 8 heteroatoms. The molecule has 3 aromatic rings. The molecule has 1 amide bonds. The Balaban J connectivity index is 1.57. The van der Waals surface area contributed by atoms with Gasteiger partial charge in [-0.2, -0.15) is 0 Å². The summed E-state index contributed by atoms with van der Waals surface area (Å²) < 4.78 is 18.4. The average molecular weight is 552 g/mol. The molecule has 2 aromatic heterocycles. The number of hydrogen-bond acceptors (Lipinski definition) is 6. The number of pyridine rings is 1. The van der Waals surface area contributed by atoms with Gasteiger partial charge in [0.1, 0.15) is 5.60 Å². The molecule has 1 atom stereocenters. The van der Waals surface area contributed by atoms with E-state index >= 15 is 0 Å². The first-order valence-corrected chi connectivity index (χ1v) is 17.1. The van der Waals surface area contributed by atoms with Gasteiger partial charge in [0.2, 0.25) is 0 Å². The van der Waals surface area contributed by atoms with Gasteiger partial charge >= 0.3 is 6.09 Å². The third-order valence-electron chi connectivity index (χ3n) is 7.26. The predicted octanol–water partition coefficient (Wildman–Crippen LogP) is 7.56. The van der Waals surface area contributed by atoms with Crippen LogP contribution in [0.25, 0.3) is 22.1 Å². The molecule has 0 radical (unpaired) electrons. The number of aryl methyl sites for hydroxylation is 1. The van der Waals surface area contributed by atoms with Crippen LogP contribution in [0.1, 0.15) is 78.2 Å². The molecule has 0 aliphatic carbocycles. The van der Waals surface area contributed by atoms with Crippen molar-refractivity contribution in [2.75, 3.05) is 13.1 Å². The fourth-order valence-electron chi connectivity index (χ4n) is 5.35. The van der Waals surface area contributed by atoms with E-state index in [0.29, 0.717) is 5.92 Å². The lowest BCUT2D eigenvalue weighted by molar-refractivity contribution is 0.0181. The van der Waals surface area contributed by atoms with Crippen LogP contribution < -0.4 is 0 Å². The number of rotatable bonds is 7. The van der Waals surface area contributed by atoms with Gasteiger partial charge in [0.15, 0.2) is 14.6 Å². The number of hydrogen-bond donors (Lipinski definition) is 0. The molecule has 7 nitrogen and oxygen atoms in total. The predicted molar refractivity (Wildman–Crippen MR) is 158 cm³/mol. The van der Waals surface area contributed by atoms with E-state index in [2.05, 4.69) is 56.1 Å².